The van der Waals surface area contributed by atoms with E-state index in [9.17, 15) is 0 Å². The van der Waals surface area contributed by atoms with Gasteiger partial charge in [-0.3, -0.25) is 0 Å². The summed E-state index contributed by atoms with van der Waals surface area (Å²) in [7, 11) is 0. The van der Waals surface area contributed by atoms with Gasteiger partial charge in [0.1, 0.15) is 12.0 Å². The van der Waals surface area contributed by atoms with Crippen LogP contribution in [0.5, 0.6) is 5.75 Å². The van der Waals surface area contributed by atoms with E-state index in [-0.39, 0.29) is 0 Å². The Bertz CT molecular complexity index is 428. The molecule has 0 amide bonds. The molecule has 102 valence electrons. The molecule has 2 aromatic rings. The highest BCUT2D eigenvalue weighted by Crippen LogP contribution is 2.08. The van der Waals surface area contributed by atoms with Crippen LogP contribution in [0.15, 0.2) is 47.2 Å². The minimum Gasteiger partial charge on any atom is -0.494 e. The van der Waals surface area contributed by atoms with Gasteiger partial charge in [0, 0.05) is 25.7 Å². The van der Waals surface area contributed by atoms with Gasteiger partial charge in [-0.2, -0.15) is 0 Å². The number of benzene rings is 1. The first-order chi connectivity index (χ1) is 9.45. The number of rotatable bonds is 9. The Morgan fingerprint density at radius 3 is 2.58 bits per heavy atom. The van der Waals surface area contributed by atoms with E-state index < -0.39 is 0 Å². The summed E-state index contributed by atoms with van der Waals surface area (Å²) >= 11 is 0. The summed E-state index contributed by atoms with van der Waals surface area (Å²) in [5.74, 6) is 0.911. The van der Waals surface area contributed by atoms with E-state index >= 15 is 0 Å². The van der Waals surface area contributed by atoms with Gasteiger partial charge in [0.05, 0.1) is 12.3 Å². The molecule has 0 unspecified atom stereocenters. The van der Waals surface area contributed by atoms with Gasteiger partial charge in [-0.1, -0.05) is 23.4 Å². The van der Waals surface area contributed by atoms with Gasteiger partial charge in [0.25, 0.3) is 0 Å². The molecular formula is C15H19NO3. The van der Waals surface area contributed by atoms with E-state index in [0.717, 1.165) is 43.9 Å². The molecule has 0 atom stereocenters. The molecule has 2 rings (SSSR count). The highest BCUT2D eigenvalue weighted by atomic mass is 16.5. The molecule has 0 aliphatic carbocycles. The van der Waals surface area contributed by atoms with Crippen molar-refractivity contribution in [1.82, 2.24) is 5.16 Å². The lowest BCUT2D eigenvalue weighted by Gasteiger charge is -2.06. The van der Waals surface area contributed by atoms with Gasteiger partial charge in [0.15, 0.2) is 0 Å². The maximum Gasteiger partial charge on any atom is 0.124 e. The lowest BCUT2D eigenvalue weighted by atomic mass is 10.2. The summed E-state index contributed by atoms with van der Waals surface area (Å²) in [6, 6.07) is 11.7. The third kappa shape index (κ3) is 5.57. The molecule has 1 heterocycles. The van der Waals surface area contributed by atoms with Crippen LogP contribution in [-0.2, 0) is 11.2 Å². The predicted molar refractivity (Wildman–Crippen MR) is 72.2 cm³/mol. The molecule has 0 aliphatic heterocycles. The van der Waals surface area contributed by atoms with Crippen molar-refractivity contribution in [2.45, 2.75) is 19.3 Å². The zero-order chi connectivity index (χ0) is 13.2. The van der Waals surface area contributed by atoms with Crippen LogP contribution in [0.4, 0.5) is 0 Å². The molecule has 19 heavy (non-hydrogen) atoms. The summed E-state index contributed by atoms with van der Waals surface area (Å²) in [5.41, 5.74) is 0.982. The van der Waals surface area contributed by atoms with Crippen LogP contribution >= 0.6 is 0 Å². The zero-order valence-corrected chi connectivity index (χ0v) is 11.0. The van der Waals surface area contributed by atoms with Crippen molar-refractivity contribution >= 4 is 0 Å². The lowest BCUT2D eigenvalue weighted by molar-refractivity contribution is 0.117. The smallest absolute Gasteiger partial charge is 0.124 e. The van der Waals surface area contributed by atoms with E-state index in [4.69, 9.17) is 14.0 Å². The van der Waals surface area contributed by atoms with Crippen molar-refractivity contribution in [3.05, 3.63) is 48.4 Å². The van der Waals surface area contributed by atoms with Crippen LogP contribution < -0.4 is 4.74 Å². The molecular weight excluding hydrogens is 242 g/mol. The van der Waals surface area contributed by atoms with E-state index in [0.29, 0.717) is 6.61 Å². The summed E-state index contributed by atoms with van der Waals surface area (Å²) < 4.78 is 15.9. The highest BCUT2D eigenvalue weighted by Gasteiger charge is 1.97. The van der Waals surface area contributed by atoms with Crippen LogP contribution in [0.25, 0.3) is 0 Å². The largest absolute Gasteiger partial charge is 0.494 e. The maximum absolute atomic E-state index is 5.57. The zero-order valence-electron chi connectivity index (χ0n) is 11.0. The summed E-state index contributed by atoms with van der Waals surface area (Å²) in [6.45, 7) is 2.16. The molecule has 0 saturated heterocycles. The second-order valence-corrected chi connectivity index (χ2v) is 4.22. The van der Waals surface area contributed by atoms with Gasteiger partial charge in [-0.25, -0.2) is 0 Å². The fourth-order valence-corrected chi connectivity index (χ4v) is 1.69. The number of nitrogens with zero attached hydrogens (tertiary/aromatic N) is 1. The van der Waals surface area contributed by atoms with Gasteiger partial charge in [-0.15, -0.1) is 0 Å². The summed E-state index contributed by atoms with van der Waals surface area (Å²) in [6.07, 6.45) is 4.36. The standard InChI is InChI=1S/C15H19NO3/c1-2-7-15(8-3-1)18-12-5-11-17-10-4-6-14-9-13-19-16-14/h1-3,7-9,13H,4-6,10-12H2. The topological polar surface area (TPSA) is 44.5 Å². The Balaban J connectivity index is 1.42. The molecule has 1 aromatic carbocycles. The number of aromatic nitrogens is 1. The lowest BCUT2D eigenvalue weighted by Crippen LogP contribution is -2.04. The summed E-state index contributed by atoms with van der Waals surface area (Å²) in [4.78, 5) is 0. The van der Waals surface area contributed by atoms with E-state index in [2.05, 4.69) is 5.16 Å². The molecule has 0 radical (unpaired) electrons. The Hall–Kier alpha value is -1.81. The molecule has 0 aliphatic rings. The number of hydrogen-bond acceptors (Lipinski definition) is 4. The highest BCUT2D eigenvalue weighted by molar-refractivity contribution is 5.20. The SMILES string of the molecule is c1ccc(OCCCOCCCc2ccon2)cc1. The maximum atomic E-state index is 5.57. The number of aryl methyl sites for hydroxylation is 1. The number of ether oxygens (including phenoxy) is 2. The molecule has 0 spiro atoms. The molecule has 4 heteroatoms. The quantitative estimate of drug-likeness (QED) is 0.651. The van der Waals surface area contributed by atoms with Crippen LogP contribution in [0.2, 0.25) is 0 Å². The Labute approximate surface area is 113 Å². The minimum atomic E-state index is 0.688. The van der Waals surface area contributed by atoms with Crippen LogP contribution in [0.1, 0.15) is 18.5 Å². The number of hydrogen-bond donors (Lipinski definition) is 0. The van der Waals surface area contributed by atoms with Gasteiger partial charge < -0.3 is 14.0 Å². The fourth-order valence-electron chi connectivity index (χ4n) is 1.69. The van der Waals surface area contributed by atoms with Gasteiger partial charge in [-0.05, 0) is 25.0 Å². The first-order valence-corrected chi connectivity index (χ1v) is 6.60. The van der Waals surface area contributed by atoms with Crippen molar-refractivity contribution in [3.8, 4) is 5.75 Å². The predicted octanol–water partition coefficient (Wildman–Crippen LogP) is 3.09. The second-order valence-electron chi connectivity index (χ2n) is 4.22. The van der Waals surface area contributed by atoms with Crippen molar-refractivity contribution in [1.29, 1.82) is 0 Å². The number of para-hydroxylation sites is 1. The molecule has 0 bridgehead atoms. The average molecular weight is 261 g/mol. The fraction of sp³-hybridized carbons (Fsp3) is 0.400. The van der Waals surface area contributed by atoms with Gasteiger partial charge in [0.2, 0.25) is 0 Å². The van der Waals surface area contributed by atoms with Crippen LogP contribution in [-0.4, -0.2) is 25.0 Å². The van der Waals surface area contributed by atoms with Crippen LogP contribution in [0.3, 0.4) is 0 Å². The molecule has 0 saturated carbocycles. The van der Waals surface area contributed by atoms with Gasteiger partial charge >= 0.3 is 0 Å². The third-order valence-electron chi connectivity index (χ3n) is 2.66. The Morgan fingerprint density at radius 1 is 0.947 bits per heavy atom. The monoisotopic (exact) mass is 261 g/mol. The second kappa shape index (κ2) is 8.32. The van der Waals surface area contributed by atoms with Crippen LogP contribution in [0, 0.1) is 0 Å². The normalized spacial score (nSPS) is 10.5. The first kappa shape index (κ1) is 13.6. The van der Waals surface area contributed by atoms with Crippen molar-refractivity contribution < 1.29 is 14.0 Å². The molecule has 0 fully saturated rings. The third-order valence-corrected chi connectivity index (χ3v) is 2.66. The van der Waals surface area contributed by atoms with Crippen molar-refractivity contribution in [2.75, 3.05) is 19.8 Å². The molecule has 4 nitrogen and oxygen atoms in total. The van der Waals surface area contributed by atoms with E-state index in [1.807, 2.05) is 36.4 Å². The van der Waals surface area contributed by atoms with E-state index in [1.54, 1.807) is 6.26 Å². The average Bonchev–Trinajstić information content (AvgIpc) is 2.96. The Morgan fingerprint density at radius 2 is 1.79 bits per heavy atom. The molecule has 0 N–H and O–H groups in total. The first-order valence-electron chi connectivity index (χ1n) is 6.60. The van der Waals surface area contributed by atoms with Crippen molar-refractivity contribution in [3.63, 3.8) is 0 Å². The molecule has 1 aromatic heterocycles. The van der Waals surface area contributed by atoms with Crippen molar-refractivity contribution in [2.24, 2.45) is 0 Å². The Kier molecular flexibility index (Phi) is 5.96. The van der Waals surface area contributed by atoms with E-state index in [1.165, 1.54) is 0 Å². The minimum absolute atomic E-state index is 0.688. The summed E-state index contributed by atoms with van der Waals surface area (Å²) in [5, 5.41) is 3.85.